The Balaban J connectivity index is 1.64. The normalized spacial score (nSPS) is 12.8. The Labute approximate surface area is 237 Å². The van der Waals surface area contributed by atoms with E-state index in [-0.39, 0.29) is 19.0 Å². The number of pyridine rings is 1. The molecule has 4 rings (SSSR count). The third-order valence-electron chi connectivity index (χ3n) is 6.55. The molecule has 0 aliphatic heterocycles. The highest BCUT2D eigenvalue weighted by molar-refractivity contribution is 5.95. The molecule has 0 radical (unpaired) electrons. The molecule has 1 N–H and O–H groups in total. The van der Waals surface area contributed by atoms with Gasteiger partial charge in [-0.25, -0.2) is 0 Å². The van der Waals surface area contributed by atoms with Gasteiger partial charge in [-0.1, -0.05) is 54.6 Å². The van der Waals surface area contributed by atoms with Gasteiger partial charge in [-0.3, -0.25) is 14.6 Å². The second-order valence-corrected chi connectivity index (χ2v) is 9.56. The number of aromatic nitrogens is 1. The van der Waals surface area contributed by atoms with Crippen molar-refractivity contribution < 1.29 is 35.9 Å². The number of hydrogen-bond acceptors (Lipinski definition) is 3. The maximum atomic E-state index is 13.4. The van der Waals surface area contributed by atoms with Gasteiger partial charge < -0.3 is 10.2 Å². The molecule has 11 heteroatoms. The zero-order chi connectivity index (χ0) is 30.5. The number of hydrogen-bond donors (Lipinski definition) is 1. The van der Waals surface area contributed by atoms with Crippen molar-refractivity contribution in [1.29, 1.82) is 0 Å². The number of rotatable bonds is 8. The van der Waals surface area contributed by atoms with E-state index >= 15 is 0 Å². The smallest absolute Gasteiger partial charge is 0.347 e. The van der Waals surface area contributed by atoms with Gasteiger partial charge in [0.25, 0.3) is 5.91 Å². The first-order valence-electron chi connectivity index (χ1n) is 12.7. The van der Waals surface area contributed by atoms with Crippen LogP contribution in [-0.4, -0.2) is 34.8 Å². The number of alkyl halides is 6. The number of halogens is 6. The fourth-order valence-electron chi connectivity index (χ4n) is 4.31. The van der Waals surface area contributed by atoms with Crippen LogP contribution in [0.1, 0.15) is 32.7 Å². The maximum Gasteiger partial charge on any atom is 0.416 e. The van der Waals surface area contributed by atoms with E-state index in [1.54, 1.807) is 30.5 Å². The standard InChI is InChI=1S/C31H25F6N3O2/c1-40(29(42)23-16-24(30(32,33)34)18-25(17-23)31(35,36)37)27(11-12-28(41)39-19-26-8-4-5-13-38-26)15-20-9-10-21-6-2-3-7-22(21)14-20/h2-14,16-18,27H,15,19H2,1H3,(H,39,41). The molecular formula is C31H25F6N3O2. The predicted molar refractivity (Wildman–Crippen MR) is 145 cm³/mol. The lowest BCUT2D eigenvalue weighted by Crippen LogP contribution is -2.38. The first-order valence-corrected chi connectivity index (χ1v) is 12.7. The van der Waals surface area contributed by atoms with Crippen molar-refractivity contribution in [3.05, 3.63) is 125 Å². The van der Waals surface area contributed by atoms with E-state index < -0.39 is 46.9 Å². The van der Waals surface area contributed by atoms with Crippen LogP contribution in [0.5, 0.6) is 0 Å². The molecule has 42 heavy (non-hydrogen) atoms. The minimum atomic E-state index is -5.11. The van der Waals surface area contributed by atoms with Crippen molar-refractivity contribution in [2.24, 2.45) is 0 Å². The molecule has 0 bridgehead atoms. The van der Waals surface area contributed by atoms with Crippen molar-refractivity contribution in [1.82, 2.24) is 15.2 Å². The number of likely N-dealkylation sites (N-methyl/N-ethyl adjacent to an activating group) is 1. The summed E-state index contributed by atoms with van der Waals surface area (Å²) >= 11 is 0. The molecule has 1 atom stereocenters. The lowest BCUT2D eigenvalue weighted by Gasteiger charge is -2.27. The lowest BCUT2D eigenvalue weighted by molar-refractivity contribution is -0.143. The maximum absolute atomic E-state index is 13.4. The van der Waals surface area contributed by atoms with Gasteiger partial charge in [0.15, 0.2) is 0 Å². The first kappa shape index (κ1) is 30.3. The number of nitrogens with zero attached hydrogens (tertiary/aromatic N) is 2. The molecule has 2 amide bonds. The summed E-state index contributed by atoms with van der Waals surface area (Å²) in [6.45, 7) is 0.124. The Morgan fingerprint density at radius 3 is 2.12 bits per heavy atom. The fourth-order valence-corrected chi connectivity index (χ4v) is 4.31. The molecule has 3 aromatic carbocycles. The SMILES string of the molecule is CN(C(=O)c1cc(C(F)(F)F)cc(C(F)(F)F)c1)C(C=CC(=O)NCc1ccccn1)Cc1ccc2ccccc2c1. The number of carbonyl (C=O) groups excluding carboxylic acids is 2. The Hall–Kier alpha value is -4.67. The number of nitrogens with one attached hydrogen (secondary N) is 1. The third-order valence-corrected chi connectivity index (χ3v) is 6.55. The van der Waals surface area contributed by atoms with E-state index in [0.29, 0.717) is 17.8 Å². The first-order chi connectivity index (χ1) is 19.8. The number of fused-ring (bicyclic) bond motifs is 1. The van der Waals surface area contributed by atoms with Crippen LogP contribution in [-0.2, 0) is 30.1 Å². The molecule has 0 saturated carbocycles. The summed E-state index contributed by atoms with van der Waals surface area (Å²) < 4.78 is 80.6. The highest BCUT2D eigenvalue weighted by Gasteiger charge is 2.38. The molecule has 1 unspecified atom stereocenters. The summed E-state index contributed by atoms with van der Waals surface area (Å²) in [6.07, 6.45) is -5.96. The van der Waals surface area contributed by atoms with E-state index in [4.69, 9.17) is 0 Å². The van der Waals surface area contributed by atoms with Gasteiger partial charge in [0, 0.05) is 24.9 Å². The highest BCUT2D eigenvalue weighted by atomic mass is 19.4. The molecule has 0 fully saturated rings. The number of amides is 2. The number of carbonyl (C=O) groups is 2. The summed E-state index contributed by atoms with van der Waals surface area (Å²) in [6, 6.07) is 18.1. The van der Waals surface area contributed by atoms with Gasteiger partial charge in [-0.2, -0.15) is 26.3 Å². The van der Waals surface area contributed by atoms with Gasteiger partial charge in [0.05, 0.1) is 29.4 Å². The van der Waals surface area contributed by atoms with Gasteiger partial charge in [-0.15, -0.1) is 0 Å². The molecule has 4 aromatic rings. The van der Waals surface area contributed by atoms with E-state index in [0.717, 1.165) is 21.2 Å². The van der Waals surface area contributed by atoms with Crippen LogP contribution >= 0.6 is 0 Å². The molecule has 0 aliphatic carbocycles. The van der Waals surface area contributed by atoms with Crippen LogP contribution in [0.25, 0.3) is 10.8 Å². The van der Waals surface area contributed by atoms with Gasteiger partial charge >= 0.3 is 12.4 Å². The average molecular weight is 586 g/mol. The second kappa shape index (κ2) is 12.5. The van der Waals surface area contributed by atoms with E-state index in [9.17, 15) is 35.9 Å². The predicted octanol–water partition coefficient (Wildman–Crippen LogP) is 6.83. The third kappa shape index (κ3) is 7.74. The summed E-state index contributed by atoms with van der Waals surface area (Å²) in [4.78, 5) is 31.0. The van der Waals surface area contributed by atoms with Crippen molar-refractivity contribution in [3.63, 3.8) is 0 Å². The molecule has 218 valence electrons. The van der Waals surface area contributed by atoms with Crippen LogP contribution in [0.3, 0.4) is 0 Å². The van der Waals surface area contributed by atoms with Gasteiger partial charge in [0.1, 0.15) is 0 Å². The Morgan fingerprint density at radius 2 is 1.50 bits per heavy atom. The van der Waals surface area contributed by atoms with Crippen LogP contribution in [0.2, 0.25) is 0 Å². The van der Waals surface area contributed by atoms with Crippen LogP contribution in [0.4, 0.5) is 26.3 Å². The Bertz CT molecular complexity index is 1570. The zero-order valence-electron chi connectivity index (χ0n) is 22.2. The molecule has 0 aliphatic rings. The lowest BCUT2D eigenvalue weighted by atomic mass is 9.99. The summed E-state index contributed by atoms with van der Waals surface area (Å²) in [7, 11) is 1.26. The van der Waals surface area contributed by atoms with Crippen molar-refractivity contribution in [2.45, 2.75) is 31.4 Å². The highest BCUT2D eigenvalue weighted by Crippen LogP contribution is 2.36. The minimum absolute atomic E-state index is 0.0326. The fraction of sp³-hybridized carbons (Fsp3) is 0.194. The molecule has 0 saturated heterocycles. The quantitative estimate of drug-likeness (QED) is 0.182. The monoisotopic (exact) mass is 585 g/mol. The van der Waals surface area contributed by atoms with E-state index in [2.05, 4.69) is 10.3 Å². The van der Waals surface area contributed by atoms with E-state index in [1.165, 1.54) is 19.2 Å². The molecule has 1 aromatic heterocycles. The summed E-state index contributed by atoms with van der Waals surface area (Å²) in [5.41, 5.74) is -2.63. The van der Waals surface area contributed by atoms with Gasteiger partial charge in [0.2, 0.25) is 5.91 Å². The van der Waals surface area contributed by atoms with Crippen molar-refractivity contribution in [2.75, 3.05) is 7.05 Å². The summed E-state index contributed by atoms with van der Waals surface area (Å²) in [5, 5.41) is 4.50. The average Bonchev–Trinajstić information content (AvgIpc) is 2.96. The summed E-state index contributed by atoms with van der Waals surface area (Å²) in [5.74, 6) is -1.60. The van der Waals surface area contributed by atoms with Crippen molar-refractivity contribution in [3.8, 4) is 0 Å². The molecule has 1 heterocycles. The Morgan fingerprint density at radius 1 is 0.857 bits per heavy atom. The molecular weight excluding hydrogens is 560 g/mol. The zero-order valence-corrected chi connectivity index (χ0v) is 22.2. The molecule has 0 spiro atoms. The van der Waals surface area contributed by atoms with Crippen LogP contribution in [0, 0.1) is 0 Å². The second-order valence-electron chi connectivity index (χ2n) is 9.56. The van der Waals surface area contributed by atoms with Gasteiger partial charge in [-0.05, 0) is 53.1 Å². The van der Waals surface area contributed by atoms with Crippen LogP contribution < -0.4 is 5.32 Å². The largest absolute Gasteiger partial charge is 0.416 e. The van der Waals surface area contributed by atoms with E-state index in [1.807, 2.05) is 36.4 Å². The Kier molecular flexibility index (Phi) is 8.99. The van der Waals surface area contributed by atoms with Crippen molar-refractivity contribution >= 4 is 22.6 Å². The molecule has 5 nitrogen and oxygen atoms in total. The minimum Gasteiger partial charge on any atom is -0.347 e. The topological polar surface area (TPSA) is 62.3 Å². The van der Waals surface area contributed by atoms with Crippen LogP contribution in [0.15, 0.2) is 97.2 Å². The number of benzene rings is 3.